The maximum absolute atomic E-state index is 11.1. The molecule has 0 fully saturated rings. The predicted molar refractivity (Wildman–Crippen MR) is 59.8 cm³/mol. The molecule has 0 unspecified atom stereocenters. The van der Waals surface area contributed by atoms with E-state index in [9.17, 15) is 8.42 Å². The minimum absolute atomic E-state index is 0. The Bertz CT molecular complexity index is 429. The summed E-state index contributed by atoms with van der Waals surface area (Å²) in [4.78, 5) is 1.84. The van der Waals surface area contributed by atoms with Crippen molar-refractivity contribution < 1.29 is 42.5 Å². The van der Waals surface area contributed by atoms with Gasteiger partial charge in [0.1, 0.15) is 4.90 Å². The molecule has 84 valence electrons. The molecule has 4 nitrogen and oxygen atoms in total. The van der Waals surface area contributed by atoms with Crippen molar-refractivity contribution in [3.05, 3.63) is 24.3 Å². The Kier molecular flexibility index (Phi) is 6.58. The Hall–Kier alpha value is -0.0700. The van der Waals surface area contributed by atoms with Gasteiger partial charge in [-0.05, 0) is 26.0 Å². The Morgan fingerprint density at radius 3 is 2.12 bits per heavy atom. The van der Waals surface area contributed by atoms with Gasteiger partial charge in [0.05, 0.1) is 5.69 Å². The molecule has 16 heavy (non-hydrogen) atoms. The van der Waals surface area contributed by atoms with Crippen LogP contribution in [0.25, 0.3) is 0 Å². The molecule has 0 aliphatic carbocycles. The van der Waals surface area contributed by atoms with E-state index in [0.717, 1.165) is 0 Å². The van der Waals surface area contributed by atoms with Crippen LogP contribution in [0.1, 0.15) is 13.8 Å². The fourth-order valence-corrected chi connectivity index (χ4v) is 2.21. The van der Waals surface area contributed by atoms with Gasteiger partial charge >= 0.3 is 29.6 Å². The summed E-state index contributed by atoms with van der Waals surface area (Å²) < 4.78 is 31.3. The molecule has 0 amide bonds. The molecule has 1 rings (SSSR count). The van der Waals surface area contributed by atoms with E-state index in [1.54, 1.807) is 18.2 Å². The molecule has 0 heterocycles. The van der Waals surface area contributed by atoms with E-state index in [4.69, 9.17) is 4.55 Å². The zero-order valence-electron chi connectivity index (χ0n) is 9.84. The van der Waals surface area contributed by atoms with Crippen LogP contribution in [-0.2, 0) is 10.1 Å². The van der Waals surface area contributed by atoms with Crippen molar-refractivity contribution in [3.8, 4) is 0 Å². The number of benzene rings is 1. The number of hydrogen-bond acceptors (Lipinski definition) is 3. The van der Waals surface area contributed by atoms with E-state index in [0.29, 0.717) is 18.8 Å². The molecule has 0 aliphatic heterocycles. The minimum atomic E-state index is -4.14. The smallest absolute Gasteiger partial charge is 0.371 e. The summed E-state index contributed by atoms with van der Waals surface area (Å²) in [7, 11) is -4.14. The molecule has 0 bridgehead atoms. The molecule has 1 aromatic carbocycles. The fraction of sp³-hybridized carbons (Fsp3) is 0.400. The molecule has 0 radical (unpaired) electrons. The average Bonchev–Trinajstić information content (AvgIpc) is 2.19. The summed E-state index contributed by atoms with van der Waals surface area (Å²) in [6, 6.07) is 6.44. The number of hydrogen-bond donors (Lipinski definition) is 1. The topological polar surface area (TPSA) is 57.6 Å². The van der Waals surface area contributed by atoms with Crippen LogP contribution in [0.15, 0.2) is 29.2 Å². The molecule has 0 spiro atoms. The standard InChI is InChI=1S/C10H15NO3S.Na/c1-3-11(4-2)9-7-5-6-8-10(9)15(12,13)14;/h5-8H,3-4H2,1-2H3,(H,12,13,14);/q;+1. The van der Waals surface area contributed by atoms with Crippen LogP contribution in [0.3, 0.4) is 0 Å². The average molecular weight is 252 g/mol. The monoisotopic (exact) mass is 252 g/mol. The van der Waals surface area contributed by atoms with Gasteiger partial charge in [-0.2, -0.15) is 8.42 Å². The van der Waals surface area contributed by atoms with Gasteiger partial charge in [-0.25, -0.2) is 0 Å². The first-order valence-electron chi connectivity index (χ1n) is 4.82. The van der Waals surface area contributed by atoms with Crippen LogP contribution in [0.4, 0.5) is 5.69 Å². The predicted octanol–water partition coefficient (Wildman–Crippen LogP) is -1.22. The number of anilines is 1. The summed E-state index contributed by atoms with van der Waals surface area (Å²) in [6.45, 7) is 5.26. The van der Waals surface area contributed by atoms with Crippen molar-refractivity contribution in [2.45, 2.75) is 18.7 Å². The first-order valence-corrected chi connectivity index (χ1v) is 6.26. The van der Waals surface area contributed by atoms with Crippen LogP contribution in [-0.4, -0.2) is 26.1 Å². The summed E-state index contributed by atoms with van der Waals surface area (Å²) in [5.74, 6) is 0. The Morgan fingerprint density at radius 1 is 1.19 bits per heavy atom. The molecule has 0 aliphatic rings. The van der Waals surface area contributed by atoms with Gasteiger partial charge in [-0.1, -0.05) is 12.1 Å². The number of para-hydroxylation sites is 1. The van der Waals surface area contributed by atoms with E-state index in [2.05, 4.69) is 0 Å². The summed E-state index contributed by atoms with van der Waals surface area (Å²) >= 11 is 0. The second kappa shape index (κ2) is 6.61. The molecule has 0 aromatic heterocycles. The van der Waals surface area contributed by atoms with E-state index < -0.39 is 10.1 Å². The van der Waals surface area contributed by atoms with Gasteiger partial charge in [0, 0.05) is 13.1 Å². The number of rotatable bonds is 4. The van der Waals surface area contributed by atoms with Crippen molar-refractivity contribution in [1.29, 1.82) is 0 Å². The van der Waals surface area contributed by atoms with Crippen molar-refractivity contribution in [1.82, 2.24) is 0 Å². The SMILES string of the molecule is CCN(CC)c1ccccc1S(=O)(=O)O.[Na+]. The quantitative estimate of drug-likeness (QED) is 0.539. The fourth-order valence-electron chi connectivity index (χ4n) is 1.50. The Morgan fingerprint density at radius 2 is 1.69 bits per heavy atom. The van der Waals surface area contributed by atoms with Gasteiger partial charge in [0.2, 0.25) is 0 Å². The molecule has 6 heteroatoms. The third-order valence-corrected chi connectivity index (χ3v) is 3.15. The van der Waals surface area contributed by atoms with Crippen LogP contribution in [0, 0.1) is 0 Å². The third-order valence-electron chi connectivity index (χ3n) is 2.25. The van der Waals surface area contributed by atoms with Gasteiger partial charge in [-0.3, -0.25) is 4.55 Å². The van der Waals surface area contributed by atoms with Crippen molar-refractivity contribution in [2.75, 3.05) is 18.0 Å². The maximum atomic E-state index is 11.1. The zero-order chi connectivity index (χ0) is 11.5. The minimum Gasteiger partial charge on any atom is -0.371 e. The molecule has 0 saturated carbocycles. The second-order valence-corrected chi connectivity index (χ2v) is 4.51. The van der Waals surface area contributed by atoms with Crippen LogP contribution in [0.2, 0.25) is 0 Å². The van der Waals surface area contributed by atoms with Crippen molar-refractivity contribution in [3.63, 3.8) is 0 Å². The first kappa shape index (κ1) is 15.9. The Labute approximate surface area is 119 Å². The number of nitrogens with zero attached hydrogens (tertiary/aromatic N) is 1. The van der Waals surface area contributed by atoms with Crippen molar-refractivity contribution >= 4 is 15.8 Å². The molecule has 0 saturated heterocycles. The van der Waals surface area contributed by atoms with Crippen LogP contribution in [0.5, 0.6) is 0 Å². The van der Waals surface area contributed by atoms with E-state index in [1.165, 1.54) is 6.07 Å². The van der Waals surface area contributed by atoms with E-state index in [1.807, 2.05) is 18.7 Å². The van der Waals surface area contributed by atoms with E-state index in [-0.39, 0.29) is 34.5 Å². The zero-order valence-corrected chi connectivity index (χ0v) is 12.7. The van der Waals surface area contributed by atoms with Crippen LogP contribution >= 0.6 is 0 Å². The summed E-state index contributed by atoms with van der Waals surface area (Å²) in [6.07, 6.45) is 0. The first-order chi connectivity index (χ1) is 7.00. The van der Waals surface area contributed by atoms with Gasteiger partial charge in [0.25, 0.3) is 10.1 Å². The largest absolute Gasteiger partial charge is 1.00 e. The molecule has 1 N–H and O–H groups in total. The van der Waals surface area contributed by atoms with Crippen molar-refractivity contribution in [2.24, 2.45) is 0 Å². The third kappa shape index (κ3) is 3.75. The molecular formula is C10H15NNaO3S+. The summed E-state index contributed by atoms with van der Waals surface area (Å²) in [5.41, 5.74) is 0.546. The Balaban J connectivity index is 0.00000225. The van der Waals surface area contributed by atoms with Crippen LogP contribution < -0.4 is 34.5 Å². The second-order valence-electron chi connectivity index (χ2n) is 3.12. The molecule has 0 atom stereocenters. The van der Waals surface area contributed by atoms with Gasteiger partial charge in [-0.15, -0.1) is 0 Å². The van der Waals surface area contributed by atoms with E-state index >= 15 is 0 Å². The van der Waals surface area contributed by atoms with Gasteiger partial charge in [0.15, 0.2) is 0 Å². The maximum Gasteiger partial charge on any atom is 1.00 e. The molecular weight excluding hydrogens is 237 g/mol. The molecule has 1 aromatic rings. The van der Waals surface area contributed by atoms with Gasteiger partial charge < -0.3 is 4.90 Å². The summed E-state index contributed by atoms with van der Waals surface area (Å²) in [5, 5.41) is 0. The normalized spacial score (nSPS) is 10.7.